The van der Waals surface area contributed by atoms with Crippen LogP contribution >= 0.6 is 0 Å². The van der Waals surface area contributed by atoms with Gasteiger partial charge < -0.3 is 4.74 Å². The van der Waals surface area contributed by atoms with Gasteiger partial charge in [0.15, 0.2) is 5.65 Å². The van der Waals surface area contributed by atoms with Gasteiger partial charge in [-0.05, 0) is 62.7 Å². The molecule has 2 atom stereocenters. The Bertz CT molecular complexity index is 1180. The second-order valence-corrected chi connectivity index (χ2v) is 8.39. The molecule has 0 saturated carbocycles. The monoisotopic (exact) mass is 413 g/mol. The van der Waals surface area contributed by atoms with Crippen LogP contribution in [0.4, 0.5) is 0 Å². The summed E-state index contributed by atoms with van der Waals surface area (Å²) in [5.74, 6) is 0.929. The SMILES string of the molecule is Cc1nc2ccc(-c3ccncc3)nc2n1-c1ccc(CN2C[C@H](C)O[C@@H](C)C2)cc1. The minimum Gasteiger partial charge on any atom is -0.373 e. The summed E-state index contributed by atoms with van der Waals surface area (Å²) in [7, 11) is 0. The summed E-state index contributed by atoms with van der Waals surface area (Å²) in [6, 6.07) is 16.7. The van der Waals surface area contributed by atoms with Crippen LogP contribution in [-0.2, 0) is 11.3 Å². The molecule has 1 aromatic carbocycles. The van der Waals surface area contributed by atoms with Crippen LogP contribution in [-0.4, -0.2) is 49.7 Å². The van der Waals surface area contributed by atoms with E-state index in [1.165, 1.54) is 5.56 Å². The maximum Gasteiger partial charge on any atom is 0.165 e. The third-order valence-corrected chi connectivity index (χ3v) is 5.74. The van der Waals surface area contributed by atoms with Crippen LogP contribution in [0.2, 0.25) is 0 Å². The summed E-state index contributed by atoms with van der Waals surface area (Å²) in [5.41, 5.74) is 6.12. The average molecular weight is 414 g/mol. The zero-order chi connectivity index (χ0) is 21.4. The largest absolute Gasteiger partial charge is 0.373 e. The minimum atomic E-state index is 0.281. The molecule has 1 saturated heterocycles. The van der Waals surface area contributed by atoms with E-state index in [0.717, 1.165) is 53.6 Å². The first-order chi connectivity index (χ1) is 15.1. The summed E-state index contributed by atoms with van der Waals surface area (Å²) in [6.07, 6.45) is 4.14. The van der Waals surface area contributed by atoms with Gasteiger partial charge in [-0.25, -0.2) is 9.97 Å². The molecule has 0 spiro atoms. The highest BCUT2D eigenvalue weighted by atomic mass is 16.5. The van der Waals surface area contributed by atoms with Crippen LogP contribution in [0.25, 0.3) is 28.1 Å². The lowest BCUT2D eigenvalue weighted by Crippen LogP contribution is -2.44. The number of morpholine rings is 1. The molecule has 0 aliphatic carbocycles. The second-order valence-electron chi connectivity index (χ2n) is 8.39. The van der Waals surface area contributed by atoms with Gasteiger partial charge >= 0.3 is 0 Å². The zero-order valence-corrected chi connectivity index (χ0v) is 18.2. The van der Waals surface area contributed by atoms with Gasteiger partial charge in [-0.15, -0.1) is 0 Å². The fourth-order valence-electron chi connectivity index (χ4n) is 4.49. The van der Waals surface area contributed by atoms with Crippen molar-refractivity contribution >= 4 is 11.2 Å². The number of aromatic nitrogens is 4. The van der Waals surface area contributed by atoms with Crippen LogP contribution in [0.15, 0.2) is 60.9 Å². The lowest BCUT2D eigenvalue weighted by molar-refractivity contribution is -0.0704. The van der Waals surface area contributed by atoms with E-state index in [2.05, 4.69) is 52.6 Å². The van der Waals surface area contributed by atoms with Crippen molar-refractivity contribution in [3.63, 3.8) is 0 Å². The first-order valence-electron chi connectivity index (χ1n) is 10.8. The van der Waals surface area contributed by atoms with E-state index < -0.39 is 0 Å². The van der Waals surface area contributed by atoms with Crippen LogP contribution in [0.1, 0.15) is 25.2 Å². The number of rotatable bonds is 4. The van der Waals surface area contributed by atoms with Crippen LogP contribution in [0.3, 0.4) is 0 Å². The highest BCUT2D eigenvalue weighted by Gasteiger charge is 2.22. The number of imidazole rings is 1. The first kappa shape index (κ1) is 19.8. The van der Waals surface area contributed by atoms with E-state index >= 15 is 0 Å². The van der Waals surface area contributed by atoms with Crippen molar-refractivity contribution in [1.82, 2.24) is 24.4 Å². The van der Waals surface area contributed by atoms with Gasteiger partial charge in [-0.2, -0.15) is 0 Å². The summed E-state index contributed by atoms with van der Waals surface area (Å²) < 4.78 is 7.98. The summed E-state index contributed by atoms with van der Waals surface area (Å²) in [5, 5.41) is 0. The Morgan fingerprint density at radius 3 is 2.32 bits per heavy atom. The van der Waals surface area contributed by atoms with Crippen molar-refractivity contribution in [1.29, 1.82) is 0 Å². The summed E-state index contributed by atoms with van der Waals surface area (Å²) in [4.78, 5) is 16.2. The molecular formula is C25H27N5O. The number of aryl methyl sites for hydroxylation is 1. The number of fused-ring (bicyclic) bond motifs is 1. The van der Waals surface area contributed by atoms with Crippen molar-refractivity contribution < 1.29 is 4.74 Å². The Kier molecular flexibility index (Phi) is 5.26. The number of nitrogens with zero attached hydrogens (tertiary/aromatic N) is 5. The van der Waals surface area contributed by atoms with E-state index in [9.17, 15) is 0 Å². The Labute approximate surface area is 182 Å². The number of hydrogen-bond donors (Lipinski definition) is 0. The third-order valence-electron chi connectivity index (χ3n) is 5.74. The van der Waals surface area contributed by atoms with Crippen molar-refractivity contribution in [2.45, 2.75) is 39.5 Å². The lowest BCUT2D eigenvalue weighted by atomic mass is 10.1. The molecule has 0 bridgehead atoms. The molecule has 4 heterocycles. The van der Waals surface area contributed by atoms with Crippen molar-refractivity contribution in [2.75, 3.05) is 13.1 Å². The molecular weight excluding hydrogens is 386 g/mol. The summed E-state index contributed by atoms with van der Waals surface area (Å²) in [6.45, 7) is 9.19. The Morgan fingerprint density at radius 2 is 1.61 bits per heavy atom. The number of hydrogen-bond acceptors (Lipinski definition) is 5. The first-order valence-corrected chi connectivity index (χ1v) is 10.8. The zero-order valence-electron chi connectivity index (χ0n) is 18.2. The molecule has 3 aromatic heterocycles. The second kappa shape index (κ2) is 8.21. The fourth-order valence-corrected chi connectivity index (χ4v) is 4.49. The molecule has 1 aliphatic heterocycles. The topological polar surface area (TPSA) is 56.1 Å². The maximum absolute atomic E-state index is 5.86. The maximum atomic E-state index is 5.86. The fraction of sp³-hybridized carbons (Fsp3) is 0.320. The van der Waals surface area contributed by atoms with E-state index in [0.29, 0.717) is 0 Å². The van der Waals surface area contributed by atoms with E-state index in [4.69, 9.17) is 14.7 Å². The van der Waals surface area contributed by atoms with Gasteiger partial charge in [0, 0.05) is 43.3 Å². The van der Waals surface area contributed by atoms with Gasteiger partial charge in [0.25, 0.3) is 0 Å². The minimum absolute atomic E-state index is 0.281. The smallest absolute Gasteiger partial charge is 0.165 e. The van der Waals surface area contributed by atoms with Crippen LogP contribution in [0.5, 0.6) is 0 Å². The molecule has 0 unspecified atom stereocenters. The molecule has 0 N–H and O–H groups in total. The molecule has 31 heavy (non-hydrogen) atoms. The number of ether oxygens (including phenoxy) is 1. The van der Waals surface area contributed by atoms with Crippen LogP contribution < -0.4 is 0 Å². The van der Waals surface area contributed by atoms with Crippen molar-refractivity contribution in [2.24, 2.45) is 0 Å². The van der Waals surface area contributed by atoms with Gasteiger partial charge in [0.05, 0.1) is 17.9 Å². The molecule has 6 heteroatoms. The predicted molar refractivity (Wildman–Crippen MR) is 122 cm³/mol. The highest BCUT2D eigenvalue weighted by Crippen LogP contribution is 2.24. The number of pyridine rings is 2. The lowest BCUT2D eigenvalue weighted by Gasteiger charge is -2.35. The Hall–Kier alpha value is -3.09. The van der Waals surface area contributed by atoms with E-state index in [-0.39, 0.29) is 12.2 Å². The molecule has 158 valence electrons. The highest BCUT2D eigenvalue weighted by molar-refractivity contribution is 5.78. The van der Waals surface area contributed by atoms with E-state index in [1.54, 1.807) is 12.4 Å². The molecule has 4 aromatic rings. The van der Waals surface area contributed by atoms with Gasteiger partial charge in [-0.3, -0.25) is 14.5 Å². The normalized spacial score (nSPS) is 19.7. The Balaban J connectivity index is 1.44. The third kappa shape index (κ3) is 4.09. The van der Waals surface area contributed by atoms with Gasteiger partial charge in [0.1, 0.15) is 11.3 Å². The van der Waals surface area contributed by atoms with Gasteiger partial charge in [0.2, 0.25) is 0 Å². The van der Waals surface area contributed by atoms with Crippen molar-refractivity contribution in [3.05, 3.63) is 72.3 Å². The van der Waals surface area contributed by atoms with Gasteiger partial charge in [-0.1, -0.05) is 12.1 Å². The molecule has 1 fully saturated rings. The average Bonchev–Trinajstić information content (AvgIpc) is 3.09. The summed E-state index contributed by atoms with van der Waals surface area (Å²) >= 11 is 0. The van der Waals surface area contributed by atoms with E-state index in [1.807, 2.05) is 31.2 Å². The molecule has 5 rings (SSSR count). The molecule has 6 nitrogen and oxygen atoms in total. The predicted octanol–water partition coefficient (Wildman–Crippen LogP) is 4.40. The Morgan fingerprint density at radius 1 is 0.903 bits per heavy atom. The quantitative estimate of drug-likeness (QED) is 0.496. The van der Waals surface area contributed by atoms with Crippen molar-refractivity contribution in [3.8, 4) is 16.9 Å². The molecule has 1 aliphatic rings. The standard InChI is InChI=1S/C25H27N5O/c1-17-14-29(15-18(2)31-17)16-20-4-6-22(7-5-20)30-19(3)27-24-9-8-23(28-25(24)30)21-10-12-26-13-11-21/h4-13,17-18H,14-16H2,1-3H3/t17-,18-/m0/s1. The number of benzene rings is 1. The molecule has 0 amide bonds. The molecule has 0 radical (unpaired) electrons. The van der Waals surface area contributed by atoms with Crippen LogP contribution in [0, 0.1) is 6.92 Å².